The van der Waals surface area contributed by atoms with Crippen molar-refractivity contribution < 1.29 is 23.9 Å². The molecule has 6 nitrogen and oxygen atoms in total. The average Bonchev–Trinajstić information content (AvgIpc) is 2.44. The van der Waals surface area contributed by atoms with Gasteiger partial charge in [-0.05, 0) is 32.0 Å². The van der Waals surface area contributed by atoms with E-state index in [1.165, 1.54) is 4.90 Å². The number of hydrogen-bond donors (Lipinski definition) is 2. The van der Waals surface area contributed by atoms with Crippen molar-refractivity contribution in [2.75, 3.05) is 19.6 Å². The molecule has 0 saturated heterocycles. The van der Waals surface area contributed by atoms with Crippen LogP contribution in [0.3, 0.4) is 0 Å². The van der Waals surface area contributed by atoms with Gasteiger partial charge in [0, 0.05) is 13.1 Å². The lowest BCUT2D eigenvalue weighted by Gasteiger charge is -2.20. The van der Waals surface area contributed by atoms with Crippen LogP contribution in [0.1, 0.15) is 34.6 Å². The zero-order chi connectivity index (χ0) is 16.0. The quantitative estimate of drug-likeness (QED) is 0.823. The van der Waals surface area contributed by atoms with Gasteiger partial charge in [-0.25, -0.2) is 9.18 Å². The number of carbonyl (C=O) groups excluding carboxylic acids is 2. The first-order valence-corrected chi connectivity index (χ1v) is 6.49. The molecule has 0 aliphatic carbocycles. The molecule has 0 bridgehead atoms. The van der Waals surface area contributed by atoms with E-state index in [1.54, 1.807) is 13.8 Å². The molecule has 21 heavy (non-hydrogen) atoms. The zero-order valence-electron chi connectivity index (χ0n) is 11.9. The Bertz CT molecular complexity index is 560. The maximum atomic E-state index is 13.8. The maximum Gasteiger partial charge on any atom is 0.335 e. The number of nitrogens with zero attached hydrogens (tertiary/aromatic N) is 1. The van der Waals surface area contributed by atoms with Crippen LogP contribution in [0.5, 0.6) is 0 Å². The molecule has 0 heterocycles. The van der Waals surface area contributed by atoms with E-state index in [4.69, 9.17) is 5.11 Å². The number of hydrogen-bond acceptors (Lipinski definition) is 3. The van der Waals surface area contributed by atoms with Gasteiger partial charge in [0.25, 0.3) is 5.91 Å². The van der Waals surface area contributed by atoms with Crippen LogP contribution in [0, 0.1) is 5.82 Å². The van der Waals surface area contributed by atoms with Crippen molar-refractivity contribution in [3.8, 4) is 0 Å². The fourth-order valence-corrected chi connectivity index (χ4v) is 1.75. The summed E-state index contributed by atoms with van der Waals surface area (Å²) in [6.45, 7) is 3.91. The zero-order valence-corrected chi connectivity index (χ0v) is 11.9. The third-order valence-corrected chi connectivity index (χ3v) is 2.82. The molecule has 0 aromatic heterocycles. The molecule has 1 rings (SSSR count). The number of rotatable bonds is 6. The lowest BCUT2D eigenvalue weighted by Crippen LogP contribution is -2.40. The molecule has 0 fully saturated rings. The summed E-state index contributed by atoms with van der Waals surface area (Å²) in [6.07, 6.45) is 0. The molecule has 0 atom stereocenters. The largest absolute Gasteiger partial charge is 0.478 e. The number of aromatic carboxylic acids is 1. The molecule has 0 aliphatic heterocycles. The lowest BCUT2D eigenvalue weighted by atomic mass is 10.1. The minimum atomic E-state index is -1.28. The molecule has 0 unspecified atom stereocenters. The second-order valence-corrected chi connectivity index (χ2v) is 4.27. The highest BCUT2D eigenvalue weighted by atomic mass is 19.1. The van der Waals surface area contributed by atoms with Gasteiger partial charge in [-0.1, -0.05) is 0 Å². The van der Waals surface area contributed by atoms with Gasteiger partial charge in [0.05, 0.1) is 17.7 Å². The predicted molar refractivity (Wildman–Crippen MR) is 73.6 cm³/mol. The standard InChI is InChI=1S/C14H17FN2O4/c1-3-16-12(18)8-17(4-2)13(19)10-6-5-9(14(20)21)7-11(10)15/h5-7H,3-4,8H2,1-2H3,(H,16,18)(H,20,21). The number of carbonyl (C=O) groups is 3. The minimum Gasteiger partial charge on any atom is -0.478 e. The van der Waals surface area contributed by atoms with E-state index >= 15 is 0 Å². The molecular weight excluding hydrogens is 279 g/mol. The van der Waals surface area contributed by atoms with Crippen LogP contribution >= 0.6 is 0 Å². The number of carboxylic acids is 1. The Hall–Kier alpha value is -2.44. The molecule has 1 aromatic rings. The van der Waals surface area contributed by atoms with Gasteiger partial charge in [0.15, 0.2) is 0 Å². The van der Waals surface area contributed by atoms with Crippen LogP contribution in [-0.2, 0) is 4.79 Å². The summed E-state index contributed by atoms with van der Waals surface area (Å²) in [5.74, 6) is -3.19. The molecule has 114 valence electrons. The van der Waals surface area contributed by atoms with Gasteiger partial charge in [-0.2, -0.15) is 0 Å². The number of halogens is 1. The first-order chi connectivity index (χ1) is 9.90. The highest BCUT2D eigenvalue weighted by molar-refractivity contribution is 5.98. The molecule has 0 radical (unpaired) electrons. The Morgan fingerprint density at radius 3 is 2.43 bits per heavy atom. The van der Waals surface area contributed by atoms with E-state index in [0.717, 1.165) is 18.2 Å². The summed E-state index contributed by atoms with van der Waals surface area (Å²) in [4.78, 5) is 35.6. The molecule has 2 amide bonds. The van der Waals surface area contributed by atoms with Crippen LogP contribution in [0.25, 0.3) is 0 Å². The van der Waals surface area contributed by atoms with Crippen LogP contribution < -0.4 is 5.32 Å². The molecule has 7 heteroatoms. The molecule has 0 spiro atoms. The van der Waals surface area contributed by atoms with E-state index < -0.39 is 17.7 Å². The molecule has 2 N–H and O–H groups in total. The Morgan fingerprint density at radius 1 is 1.29 bits per heavy atom. The Morgan fingerprint density at radius 2 is 1.95 bits per heavy atom. The number of nitrogens with one attached hydrogen (secondary N) is 1. The van der Waals surface area contributed by atoms with E-state index in [-0.39, 0.29) is 30.1 Å². The van der Waals surface area contributed by atoms with E-state index in [9.17, 15) is 18.8 Å². The molecular formula is C14H17FN2O4. The minimum absolute atomic E-state index is 0.177. The Kier molecular flexibility index (Phi) is 5.83. The molecule has 0 aliphatic rings. The van der Waals surface area contributed by atoms with Gasteiger partial charge >= 0.3 is 5.97 Å². The first kappa shape index (κ1) is 16.6. The van der Waals surface area contributed by atoms with Crippen molar-refractivity contribution in [3.05, 3.63) is 35.1 Å². The van der Waals surface area contributed by atoms with Crippen LogP contribution in [-0.4, -0.2) is 47.4 Å². The lowest BCUT2D eigenvalue weighted by molar-refractivity contribution is -0.121. The monoisotopic (exact) mass is 296 g/mol. The second-order valence-electron chi connectivity index (χ2n) is 4.27. The summed E-state index contributed by atoms with van der Waals surface area (Å²) in [5.41, 5.74) is -0.498. The van der Waals surface area contributed by atoms with Gasteiger partial charge in [-0.3, -0.25) is 9.59 Å². The first-order valence-electron chi connectivity index (χ1n) is 6.49. The second kappa shape index (κ2) is 7.37. The summed E-state index contributed by atoms with van der Waals surface area (Å²) in [5, 5.41) is 11.3. The smallest absolute Gasteiger partial charge is 0.335 e. The third kappa shape index (κ3) is 4.27. The fourth-order valence-electron chi connectivity index (χ4n) is 1.75. The Labute approximate surface area is 121 Å². The normalized spacial score (nSPS) is 10.0. The highest BCUT2D eigenvalue weighted by Crippen LogP contribution is 2.13. The fraction of sp³-hybridized carbons (Fsp3) is 0.357. The maximum absolute atomic E-state index is 13.8. The summed E-state index contributed by atoms with van der Waals surface area (Å²) >= 11 is 0. The van der Waals surface area contributed by atoms with E-state index in [1.807, 2.05) is 0 Å². The van der Waals surface area contributed by atoms with Crippen molar-refractivity contribution in [2.45, 2.75) is 13.8 Å². The predicted octanol–water partition coefficient (Wildman–Crippen LogP) is 1.12. The van der Waals surface area contributed by atoms with Crippen molar-refractivity contribution >= 4 is 17.8 Å². The van der Waals surface area contributed by atoms with Crippen LogP contribution in [0.4, 0.5) is 4.39 Å². The van der Waals surface area contributed by atoms with Crippen LogP contribution in [0.2, 0.25) is 0 Å². The van der Waals surface area contributed by atoms with Crippen molar-refractivity contribution in [1.29, 1.82) is 0 Å². The van der Waals surface area contributed by atoms with Crippen molar-refractivity contribution in [3.63, 3.8) is 0 Å². The van der Waals surface area contributed by atoms with E-state index in [0.29, 0.717) is 6.54 Å². The average molecular weight is 296 g/mol. The SMILES string of the molecule is CCNC(=O)CN(CC)C(=O)c1ccc(C(=O)O)cc1F. The summed E-state index contributed by atoms with van der Waals surface area (Å²) < 4.78 is 13.8. The topological polar surface area (TPSA) is 86.7 Å². The van der Waals surface area contributed by atoms with E-state index in [2.05, 4.69) is 5.32 Å². The summed E-state index contributed by atoms with van der Waals surface area (Å²) in [6, 6.07) is 3.05. The molecule has 1 aromatic carbocycles. The Balaban J connectivity index is 2.95. The number of carboxylic acid groups (broad SMARTS) is 1. The molecule has 0 saturated carbocycles. The van der Waals surface area contributed by atoms with Crippen LogP contribution in [0.15, 0.2) is 18.2 Å². The summed E-state index contributed by atoms with van der Waals surface area (Å²) in [7, 11) is 0. The van der Waals surface area contributed by atoms with Gasteiger partial charge in [0.2, 0.25) is 5.91 Å². The van der Waals surface area contributed by atoms with Gasteiger partial charge in [-0.15, -0.1) is 0 Å². The van der Waals surface area contributed by atoms with Gasteiger partial charge in [0.1, 0.15) is 5.82 Å². The van der Waals surface area contributed by atoms with Crippen molar-refractivity contribution in [1.82, 2.24) is 10.2 Å². The number of benzene rings is 1. The highest BCUT2D eigenvalue weighted by Gasteiger charge is 2.21. The number of likely N-dealkylation sites (N-methyl/N-ethyl adjacent to an activating group) is 2. The third-order valence-electron chi connectivity index (χ3n) is 2.82. The van der Waals surface area contributed by atoms with Crippen molar-refractivity contribution in [2.24, 2.45) is 0 Å². The van der Waals surface area contributed by atoms with Gasteiger partial charge < -0.3 is 15.3 Å². The number of amides is 2.